The van der Waals surface area contributed by atoms with Crippen LogP contribution in [0.2, 0.25) is 0 Å². The minimum atomic E-state index is -4.95. The molecule has 0 heterocycles. The van der Waals surface area contributed by atoms with Gasteiger partial charge in [-0.25, -0.2) is 9.13 Å². The largest absolute Gasteiger partial charge is 0.472 e. The van der Waals surface area contributed by atoms with Gasteiger partial charge >= 0.3 is 39.5 Å². The van der Waals surface area contributed by atoms with Crippen molar-refractivity contribution in [1.82, 2.24) is 0 Å². The minimum Gasteiger partial charge on any atom is -0.462 e. The Labute approximate surface area is 511 Å². The summed E-state index contributed by atoms with van der Waals surface area (Å²) in [6.07, 6.45) is 35.1. The van der Waals surface area contributed by atoms with Gasteiger partial charge in [-0.15, -0.1) is 0 Å². The van der Waals surface area contributed by atoms with Crippen molar-refractivity contribution in [3.8, 4) is 0 Å². The second kappa shape index (κ2) is 55.2. The Morgan fingerprint density at radius 3 is 0.845 bits per heavy atom. The highest BCUT2D eigenvalue weighted by molar-refractivity contribution is 7.47. The van der Waals surface area contributed by atoms with E-state index in [0.29, 0.717) is 37.5 Å². The van der Waals surface area contributed by atoms with Gasteiger partial charge in [-0.05, 0) is 49.4 Å². The van der Waals surface area contributed by atoms with Gasteiger partial charge in [-0.2, -0.15) is 0 Å². The van der Waals surface area contributed by atoms with Crippen LogP contribution < -0.4 is 0 Å². The van der Waals surface area contributed by atoms with Crippen molar-refractivity contribution in [2.45, 2.75) is 331 Å². The summed E-state index contributed by atoms with van der Waals surface area (Å²) in [7, 11) is -9.89. The Morgan fingerprint density at radius 1 is 0.333 bits per heavy atom. The molecule has 0 saturated carbocycles. The van der Waals surface area contributed by atoms with Crippen LogP contribution in [-0.4, -0.2) is 96.7 Å². The molecule has 0 fully saturated rings. The molecule has 0 aliphatic rings. The zero-order valence-electron chi connectivity index (χ0n) is 54.5. The number of ether oxygens (including phenoxy) is 4. The van der Waals surface area contributed by atoms with Crippen molar-refractivity contribution in [3.63, 3.8) is 0 Å². The van der Waals surface area contributed by atoms with Gasteiger partial charge in [-0.3, -0.25) is 37.3 Å². The van der Waals surface area contributed by atoms with Crippen LogP contribution in [0.25, 0.3) is 0 Å². The van der Waals surface area contributed by atoms with Crippen LogP contribution in [0.3, 0.4) is 0 Å². The molecule has 17 nitrogen and oxygen atoms in total. The number of aliphatic hydroxyl groups is 1. The van der Waals surface area contributed by atoms with Gasteiger partial charge < -0.3 is 33.8 Å². The first-order chi connectivity index (χ1) is 40.1. The van der Waals surface area contributed by atoms with Crippen molar-refractivity contribution in [2.75, 3.05) is 39.6 Å². The standard InChI is InChI=1S/C65H126O17P2/c1-9-58(8)44-36-28-22-24-32-40-48-65(70)82-61(51-75-62(67)45-37-29-19-15-13-11-10-12-14-17-25-33-41-55(2)3)54-80-84(73,74)78-50-59(66)49-77-83(71,72)79-53-60(81-64(69)47-39-31-23-21-27-35-43-57(6)7)52-76-63(68)46-38-30-20-16-18-26-34-42-56(4)5/h55-61,66H,9-54H2,1-8H3,(H,71,72)(H,73,74)/t58?,59?,60-,61-/m1/s1. The number of hydrogen-bond acceptors (Lipinski definition) is 15. The molecule has 0 amide bonds. The molecule has 0 aromatic carbocycles. The van der Waals surface area contributed by atoms with E-state index in [2.05, 4.69) is 55.4 Å². The number of phosphoric acid groups is 2. The lowest BCUT2D eigenvalue weighted by Gasteiger charge is -2.21. The normalized spacial score (nSPS) is 14.7. The van der Waals surface area contributed by atoms with E-state index in [1.807, 2.05) is 0 Å². The Morgan fingerprint density at radius 2 is 0.571 bits per heavy atom. The fourth-order valence-electron chi connectivity index (χ4n) is 9.57. The first-order valence-electron chi connectivity index (χ1n) is 33.7. The monoisotopic (exact) mass is 1240 g/mol. The number of carbonyl (C=O) groups is 4. The average Bonchev–Trinajstić information content (AvgIpc) is 3.62. The number of phosphoric ester groups is 2. The van der Waals surface area contributed by atoms with E-state index < -0.39 is 97.5 Å². The number of esters is 4. The highest BCUT2D eigenvalue weighted by Crippen LogP contribution is 2.45. The van der Waals surface area contributed by atoms with Crippen molar-refractivity contribution in [2.24, 2.45) is 23.7 Å². The van der Waals surface area contributed by atoms with Crippen LogP contribution in [0.1, 0.15) is 312 Å². The molecule has 0 aliphatic heterocycles. The van der Waals surface area contributed by atoms with Crippen LogP contribution in [0.5, 0.6) is 0 Å². The van der Waals surface area contributed by atoms with Gasteiger partial charge in [0.05, 0.1) is 26.4 Å². The number of unbranched alkanes of at least 4 members (excludes halogenated alkanes) is 27. The maximum atomic E-state index is 13.0. The van der Waals surface area contributed by atoms with E-state index in [9.17, 15) is 43.2 Å². The molecule has 4 unspecified atom stereocenters. The third-order valence-corrected chi connectivity index (χ3v) is 17.1. The zero-order valence-corrected chi connectivity index (χ0v) is 56.3. The Balaban J connectivity index is 5.22. The van der Waals surface area contributed by atoms with Crippen LogP contribution >= 0.6 is 15.6 Å². The summed E-state index contributed by atoms with van der Waals surface area (Å²) >= 11 is 0. The van der Waals surface area contributed by atoms with Crippen LogP contribution in [0.4, 0.5) is 0 Å². The number of hydrogen-bond donors (Lipinski definition) is 3. The third-order valence-electron chi connectivity index (χ3n) is 15.2. The Hall–Kier alpha value is -1.94. The van der Waals surface area contributed by atoms with Gasteiger partial charge in [-0.1, -0.05) is 261 Å². The summed E-state index contributed by atoms with van der Waals surface area (Å²) in [5.74, 6) is 0.733. The first kappa shape index (κ1) is 82.1. The highest BCUT2D eigenvalue weighted by Gasteiger charge is 2.30. The molecular formula is C65H126O17P2. The molecule has 6 atom stereocenters. The van der Waals surface area contributed by atoms with E-state index in [0.717, 1.165) is 108 Å². The maximum Gasteiger partial charge on any atom is 0.472 e. The predicted octanol–water partition coefficient (Wildman–Crippen LogP) is 17.8. The molecule has 84 heavy (non-hydrogen) atoms. The van der Waals surface area contributed by atoms with Crippen molar-refractivity contribution in [1.29, 1.82) is 0 Å². The van der Waals surface area contributed by atoms with Crippen molar-refractivity contribution >= 4 is 39.5 Å². The maximum absolute atomic E-state index is 13.0. The van der Waals surface area contributed by atoms with Crippen LogP contribution in [0.15, 0.2) is 0 Å². The topological polar surface area (TPSA) is 237 Å². The SMILES string of the molecule is CCC(C)CCCCCCCCC(=O)O[C@H](COC(=O)CCCCCCCCCCCCCCC(C)C)COP(=O)(O)OCC(O)COP(=O)(O)OC[C@@H](COC(=O)CCCCCCCCCC(C)C)OC(=O)CCCCCCCCC(C)C. The zero-order chi connectivity index (χ0) is 62.5. The molecule has 0 aliphatic carbocycles. The molecule has 3 N–H and O–H groups in total. The summed E-state index contributed by atoms with van der Waals surface area (Å²) < 4.78 is 68.0. The van der Waals surface area contributed by atoms with E-state index in [-0.39, 0.29) is 25.7 Å². The fraction of sp³-hybridized carbons (Fsp3) is 0.938. The smallest absolute Gasteiger partial charge is 0.462 e. The number of carbonyl (C=O) groups excluding carboxylic acids is 4. The lowest BCUT2D eigenvalue weighted by atomic mass is 10.00. The molecular weight excluding hydrogens is 1110 g/mol. The van der Waals surface area contributed by atoms with E-state index in [1.54, 1.807) is 0 Å². The molecule has 498 valence electrons. The lowest BCUT2D eigenvalue weighted by Crippen LogP contribution is -2.30. The molecule has 0 bridgehead atoms. The van der Waals surface area contributed by atoms with Crippen LogP contribution in [-0.2, 0) is 65.4 Å². The van der Waals surface area contributed by atoms with Crippen molar-refractivity contribution in [3.05, 3.63) is 0 Å². The first-order valence-corrected chi connectivity index (χ1v) is 36.7. The van der Waals surface area contributed by atoms with E-state index in [1.165, 1.54) is 109 Å². The molecule has 0 rings (SSSR count). The molecule has 0 saturated heterocycles. The number of aliphatic hydroxyl groups excluding tert-OH is 1. The van der Waals surface area contributed by atoms with Gasteiger partial charge in [0.25, 0.3) is 0 Å². The van der Waals surface area contributed by atoms with Gasteiger partial charge in [0.1, 0.15) is 19.3 Å². The van der Waals surface area contributed by atoms with E-state index >= 15 is 0 Å². The number of rotatable bonds is 62. The fourth-order valence-corrected chi connectivity index (χ4v) is 11.2. The predicted molar refractivity (Wildman–Crippen MR) is 335 cm³/mol. The van der Waals surface area contributed by atoms with Gasteiger partial charge in [0.15, 0.2) is 12.2 Å². The Kier molecular flexibility index (Phi) is 53.9. The quantitative estimate of drug-likeness (QED) is 0.0222. The molecule has 0 aromatic heterocycles. The summed E-state index contributed by atoms with van der Waals surface area (Å²) in [6, 6.07) is 0. The minimum absolute atomic E-state index is 0.101. The van der Waals surface area contributed by atoms with Gasteiger partial charge in [0.2, 0.25) is 0 Å². The molecule has 0 radical (unpaired) electrons. The highest BCUT2D eigenvalue weighted by atomic mass is 31.2. The summed E-state index contributed by atoms with van der Waals surface area (Å²) in [5, 5.41) is 10.5. The van der Waals surface area contributed by atoms with Gasteiger partial charge in [0, 0.05) is 25.7 Å². The lowest BCUT2D eigenvalue weighted by molar-refractivity contribution is -0.161. The van der Waals surface area contributed by atoms with Crippen molar-refractivity contribution < 1.29 is 80.2 Å². The second-order valence-electron chi connectivity index (χ2n) is 25.2. The third kappa shape index (κ3) is 57.8. The summed E-state index contributed by atoms with van der Waals surface area (Å²) in [6.45, 7) is 13.9. The second-order valence-corrected chi connectivity index (χ2v) is 28.1. The Bertz CT molecular complexity index is 1680. The van der Waals surface area contributed by atoms with E-state index in [4.69, 9.17) is 37.0 Å². The van der Waals surface area contributed by atoms with Crippen LogP contribution in [0, 0.1) is 23.7 Å². The summed E-state index contributed by atoms with van der Waals surface area (Å²) in [4.78, 5) is 72.2. The molecule has 0 spiro atoms. The molecule has 0 aromatic rings. The summed E-state index contributed by atoms with van der Waals surface area (Å²) in [5.41, 5.74) is 0. The molecule has 19 heteroatoms. The average molecular weight is 1240 g/mol.